The summed E-state index contributed by atoms with van der Waals surface area (Å²) in [5.74, 6) is 0.518. The standard InChI is InChI=1S/C10H19N5/c1-3-9(2)14-10(11)13-5-7-15-6-4-12-8-15/h4,6,8-9H,3,5,7H2,1-2H3,(H3,11,13,14). The summed E-state index contributed by atoms with van der Waals surface area (Å²) >= 11 is 0. The number of aromatic nitrogens is 2. The van der Waals surface area contributed by atoms with Crippen LogP contribution < -0.4 is 11.1 Å². The van der Waals surface area contributed by atoms with Gasteiger partial charge < -0.3 is 15.6 Å². The van der Waals surface area contributed by atoms with Crippen molar-refractivity contribution in [3.63, 3.8) is 0 Å². The molecule has 0 aliphatic heterocycles. The molecule has 3 N–H and O–H groups in total. The highest BCUT2D eigenvalue weighted by molar-refractivity contribution is 5.78. The SMILES string of the molecule is CCC(C)NC(N)=NCCn1ccnc1. The Labute approximate surface area is 90.4 Å². The van der Waals surface area contributed by atoms with Crippen LogP contribution in [0.3, 0.4) is 0 Å². The third-order valence-electron chi connectivity index (χ3n) is 2.21. The van der Waals surface area contributed by atoms with Crippen molar-refractivity contribution in [3.05, 3.63) is 18.7 Å². The van der Waals surface area contributed by atoms with Gasteiger partial charge >= 0.3 is 0 Å². The average Bonchev–Trinajstić information content (AvgIpc) is 2.70. The van der Waals surface area contributed by atoms with Gasteiger partial charge in [0.25, 0.3) is 0 Å². The van der Waals surface area contributed by atoms with Gasteiger partial charge in [-0.15, -0.1) is 0 Å². The van der Waals surface area contributed by atoms with Crippen LogP contribution in [0.15, 0.2) is 23.7 Å². The predicted molar refractivity (Wildman–Crippen MR) is 61.6 cm³/mol. The topological polar surface area (TPSA) is 68.2 Å². The van der Waals surface area contributed by atoms with E-state index in [1.807, 2.05) is 10.8 Å². The molecule has 0 fully saturated rings. The normalized spacial score (nSPS) is 13.9. The van der Waals surface area contributed by atoms with Crippen molar-refractivity contribution in [2.75, 3.05) is 6.54 Å². The maximum atomic E-state index is 5.70. The van der Waals surface area contributed by atoms with Crippen LogP contribution in [0, 0.1) is 0 Å². The lowest BCUT2D eigenvalue weighted by atomic mass is 10.3. The van der Waals surface area contributed by atoms with E-state index in [0.717, 1.165) is 13.0 Å². The monoisotopic (exact) mass is 209 g/mol. The van der Waals surface area contributed by atoms with Crippen molar-refractivity contribution in [2.45, 2.75) is 32.9 Å². The second-order valence-electron chi connectivity index (χ2n) is 3.52. The van der Waals surface area contributed by atoms with Crippen LogP contribution in [0.1, 0.15) is 20.3 Å². The maximum Gasteiger partial charge on any atom is 0.188 e. The zero-order valence-electron chi connectivity index (χ0n) is 9.35. The lowest BCUT2D eigenvalue weighted by Crippen LogP contribution is -2.38. The van der Waals surface area contributed by atoms with E-state index >= 15 is 0 Å². The van der Waals surface area contributed by atoms with Crippen molar-refractivity contribution >= 4 is 5.96 Å². The van der Waals surface area contributed by atoms with Crippen LogP contribution in [0.25, 0.3) is 0 Å². The average molecular weight is 209 g/mol. The Morgan fingerprint density at radius 1 is 1.67 bits per heavy atom. The van der Waals surface area contributed by atoms with Crippen molar-refractivity contribution in [1.29, 1.82) is 0 Å². The third kappa shape index (κ3) is 4.49. The lowest BCUT2D eigenvalue weighted by molar-refractivity contribution is 0.632. The number of nitrogens with two attached hydrogens (primary N) is 1. The zero-order chi connectivity index (χ0) is 11.1. The summed E-state index contributed by atoms with van der Waals surface area (Å²) in [6, 6.07) is 0.377. The van der Waals surface area contributed by atoms with E-state index in [1.54, 1.807) is 12.5 Å². The Morgan fingerprint density at radius 2 is 2.47 bits per heavy atom. The number of rotatable bonds is 5. The second kappa shape index (κ2) is 6.06. The number of aliphatic imine (C=N–C) groups is 1. The number of nitrogens with one attached hydrogen (secondary N) is 1. The van der Waals surface area contributed by atoms with Crippen molar-refractivity contribution in [1.82, 2.24) is 14.9 Å². The third-order valence-corrected chi connectivity index (χ3v) is 2.21. The fourth-order valence-corrected chi connectivity index (χ4v) is 1.11. The quantitative estimate of drug-likeness (QED) is 0.551. The first-order chi connectivity index (χ1) is 7.22. The number of nitrogens with zero attached hydrogens (tertiary/aromatic N) is 3. The molecule has 0 aromatic carbocycles. The van der Waals surface area contributed by atoms with Gasteiger partial charge in [0.15, 0.2) is 5.96 Å². The molecule has 84 valence electrons. The molecule has 0 amide bonds. The van der Waals surface area contributed by atoms with E-state index < -0.39 is 0 Å². The van der Waals surface area contributed by atoms with E-state index in [-0.39, 0.29) is 0 Å². The molecule has 1 rings (SSSR count). The molecule has 1 aromatic rings. The molecule has 1 heterocycles. The molecule has 15 heavy (non-hydrogen) atoms. The molecule has 0 saturated carbocycles. The Balaban J connectivity index is 2.25. The number of imidazole rings is 1. The fraction of sp³-hybridized carbons (Fsp3) is 0.600. The van der Waals surface area contributed by atoms with Gasteiger partial charge in [0.05, 0.1) is 12.9 Å². The summed E-state index contributed by atoms with van der Waals surface area (Å²) in [6.45, 7) is 5.67. The van der Waals surface area contributed by atoms with E-state index in [2.05, 4.69) is 29.1 Å². The molecule has 0 aliphatic carbocycles. The van der Waals surface area contributed by atoms with Crippen LogP contribution in [-0.4, -0.2) is 28.1 Å². The van der Waals surface area contributed by atoms with Gasteiger partial charge in [-0.25, -0.2) is 4.98 Å². The molecule has 0 spiro atoms. The summed E-state index contributed by atoms with van der Waals surface area (Å²) in [5, 5.41) is 3.11. The van der Waals surface area contributed by atoms with Gasteiger partial charge in [-0.2, -0.15) is 0 Å². The maximum absolute atomic E-state index is 5.70. The first kappa shape index (κ1) is 11.6. The smallest absolute Gasteiger partial charge is 0.188 e. The van der Waals surface area contributed by atoms with Gasteiger partial charge in [-0.1, -0.05) is 6.92 Å². The highest BCUT2D eigenvalue weighted by Crippen LogP contribution is 1.88. The summed E-state index contributed by atoms with van der Waals surface area (Å²) in [4.78, 5) is 8.17. The Morgan fingerprint density at radius 3 is 3.07 bits per heavy atom. The highest BCUT2D eigenvalue weighted by Gasteiger charge is 1.98. The molecule has 1 atom stereocenters. The molecule has 0 bridgehead atoms. The largest absolute Gasteiger partial charge is 0.370 e. The number of hydrogen-bond donors (Lipinski definition) is 2. The van der Waals surface area contributed by atoms with Crippen LogP contribution in [0.4, 0.5) is 0 Å². The zero-order valence-corrected chi connectivity index (χ0v) is 9.35. The van der Waals surface area contributed by atoms with Crippen LogP contribution in [-0.2, 0) is 6.54 Å². The highest BCUT2D eigenvalue weighted by atomic mass is 15.1. The van der Waals surface area contributed by atoms with Gasteiger partial charge in [0.2, 0.25) is 0 Å². The Kier molecular flexibility index (Phi) is 4.66. The molecule has 0 saturated heterocycles. The summed E-state index contributed by atoms with van der Waals surface area (Å²) in [7, 11) is 0. The Bertz CT molecular complexity index is 291. The minimum Gasteiger partial charge on any atom is -0.370 e. The Hall–Kier alpha value is -1.52. The summed E-state index contributed by atoms with van der Waals surface area (Å²) in [5.41, 5.74) is 5.70. The lowest BCUT2D eigenvalue weighted by Gasteiger charge is -2.11. The first-order valence-electron chi connectivity index (χ1n) is 5.24. The molecular formula is C10H19N5. The van der Waals surface area contributed by atoms with Crippen LogP contribution >= 0.6 is 0 Å². The molecule has 5 nitrogen and oxygen atoms in total. The van der Waals surface area contributed by atoms with Gasteiger partial charge in [0, 0.05) is 25.0 Å². The van der Waals surface area contributed by atoms with Crippen LogP contribution in [0.2, 0.25) is 0 Å². The molecule has 0 radical (unpaired) electrons. The molecule has 5 heteroatoms. The first-order valence-corrected chi connectivity index (χ1v) is 5.24. The van der Waals surface area contributed by atoms with E-state index in [9.17, 15) is 0 Å². The fourth-order valence-electron chi connectivity index (χ4n) is 1.11. The van der Waals surface area contributed by atoms with Gasteiger partial charge in [-0.3, -0.25) is 4.99 Å². The van der Waals surface area contributed by atoms with Crippen LogP contribution in [0.5, 0.6) is 0 Å². The number of guanidine groups is 1. The summed E-state index contributed by atoms with van der Waals surface area (Å²) < 4.78 is 1.97. The van der Waals surface area contributed by atoms with Crippen molar-refractivity contribution < 1.29 is 0 Å². The van der Waals surface area contributed by atoms with Gasteiger partial charge in [0.1, 0.15) is 0 Å². The minimum absolute atomic E-state index is 0.377. The minimum atomic E-state index is 0.377. The predicted octanol–water partition coefficient (Wildman–Crippen LogP) is 0.586. The molecule has 0 aliphatic rings. The molecule has 1 aromatic heterocycles. The van der Waals surface area contributed by atoms with E-state index in [0.29, 0.717) is 18.5 Å². The van der Waals surface area contributed by atoms with Crippen molar-refractivity contribution in [2.24, 2.45) is 10.7 Å². The van der Waals surface area contributed by atoms with Crippen molar-refractivity contribution in [3.8, 4) is 0 Å². The number of hydrogen-bond acceptors (Lipinski definition) is 2. The van der Waals surface area contributed by atoms with E-state index in [4.69, 9.17) is 5.73 Å². The molecule has 1 unspecified atom stereocenters. The molecular weight excluding hydrogens is 190 g/mol. The van der Waals surface area contributed by atoms with E-state index in [1.165, 1.54) is 0 Å². The van der Waals surface area contributed by atoms with Gasteiger partial charge in [-0.05, 0) is 13.3 Å². The second-order valence-corrected chi connectivity index (χ2v) is 3.52. The summed E-state index contributed by atoms with van der Waals surface area (Å²) in [6.07, 6.45) is 6.48.